The molecule has 8 rings (SSSR count). The summed E-state index contributed by atoms with van der Waals surface area (Å²) in [7, 11) is 0. The van der Waals surface area contributed by atoms with Crippen LogP contribution in [-0.2, 0) is 5.41 Å². The van der Waals surface area contributed by atoms with Crippen LogP contribution in [0.3, 0.4) is 0 Å². The molecular formula is C45H40N4. The van der Waals surface area contributed by atoms with E-state index in [1.165, 1.54) is 42.4 Å². The van der Waals surface area contributed by atoms with Gasteiger partial charge in [0.15, 0.2) is 17.5 Å². The van der Waals surface area contributed by atoms with Crippen molar-refractivity contribution in [2.24, 2.45) is 17.3 Å². The van der Waals surface area contributed by atoms with Gasteiger partial charge >= 0.3 is 0 Å². The molecule has 0 saturated heterocycles. The number of hydrogen-bond donors (Lipinski definition) is 0. The minimum absolute atomic E-state index is 0.261. The first-order chi connectivity index (χ1) is 23.8. The van der Waals surface area contributed by atoms with E-state index in [2.05, 4.69) is 75.4 Å². The zero-order chi connectivity index (χ0) is 33.6. The van der Waals surface area contributed by atoms with Crippen molar-refractivity contribution in [2.75, 3.05) is 0 Å². The highest BCUT2D eigenvalue weighted by molar-refractivity contribution is 5.77. The molecule has 1 aromatic heterocycles. The van der Waals surface area contributed by atoms with Crippen LogP contribution in [0, 0.1) is 28.6 Å². The second kappa shape index (κ2) is 12.2. The molecule has 2 aliphatic rings. The van der Waals surface area contributed by atoms with E-state index in [0.717, 1.165) is 39.7 Å². The van der Waals surface area contributed by atoms with Crippen molar-refractivity contribution in [1.82, 2.24) is 15.0 Å². The average molecular weight is 637 g/mol. The van der Waals surface area contributed by atoms with Crippen LogP contribution in [0.4, 0.5) is 0 Å². The quantitative estimate of drug-likeness (QED) is 0.182. The number of aromatic nitrogens is 3. The lowest BCUT2D eigenvalue weighted by atomic mass is 9.57. The maximum Gasteiger partial charge on any atom is 0.164 e. The number of nitrogens with zero attached hydrogens (tertiary/aromatic N) is 4. The second-order valence-corrected chi connectivity index (χ2v) is 14.8. The minimum atomic E-state index is 0.261. The van der Waals surface area contributed by atoms with E-state index in [1.807, 2.05) is 78.9 Å². The summed E-state index contributed by atoms with van der Waals surface area (Å²) in [6, 6.07) is 46.0. The Balaban J connectivity index is 1.06. The van der Waals surface area contributed by atoms with E-state index in [1.54, 1.807) is 0 Å². The average Bonchev–Trinajstić information content (AvgIpc) is 3.29. The molecule has 4 nitrogen and oxygen atoms in total. The monoisotopic (exact) mass is 636 g/mol. The van der Waals surface area contributed by atoms with Gasteiger partial charge in [0.2, 0.25) is 0 Å². The molecule has 2 saturated carbocycles. The third-order valence-corrected chi connectivity index (χ3v) is 11.6. The van der Waals surface area contributed by atoms with Gasteiger partial charge in [-0.2, -0.15) is 5.26 Å². The summed E-state index contributed by atoms with van der Waals surface area (Å²) in [6.07, 6.45) is 5.35. The lowest BCUT2D eigenvalue weighted by Crippen LogP contribution is -2.40. The van der Waals surface area contributed by atoms with Crippen molar-refractivity contribution >= 4 is 0 Å². The summed E-state index contributed by atoms with van der Waals surface area (Å²) in [6.45, 7) is 7.48. The Morgan fingerprint density at radius 3 is 1.49 bits per heavy atom. The SMILES string of the molecule is CC1(c2ccc(-c3ccc(-c4ccc(-c5nc(-c6ccccc6)nc(-c6ccccc6)n5)cc4C#N)cc3)cc2)C[C@H]2CC[C@@H](C1)C2(C)C. The fourth-order valence-corrected chi connectivity index (χ4v) is 8.49. The van der Waals surface area contributed by atoms with E-state index in [4.69, 9.17) is 15.0 Å². The number of rotatable bonds is 6. The summed E-state index contributed by atoms with van der Waals surface area (Å²) in [5.74, 6) is 3.38. The molecule has 6 aromatic rings. The van der Waals surface area contributed by atoms with Crippen LogP contribution >= 0.6 is 0 Å². The molecule has 2 bridgehead atoms. The van der Waals surface area contributed by atoms with Crippen molar-refractivity contribution < 1.29 is 0 Å². The van der Waals surface area contributed by atoms with Gasteiger partial charge in [0.1, 0.15) is 0 Å². The predicted octanol–water partition coefficient (Wildman–Crippen LogP) is 11.2. The van der Waals surface area contributed by atoms with Gasteiger partial charge < -0.3 is 0 Å². The van der Waals surface area contributed by atoms with Crippen LogP contribution in [0.5, 0.6) is 0 Å². The first-order valence-corrected chi connectivity index (χ1v) is 17.4. The fourth-order valence-electron chi connectivity index (χ4n) is 8.49. The lowest BCUT2D eigenvalue weighted by Gasteiger charge is -2.47. The summed E-state index contributed by atoms with van der Waals surface area (Å²) in [4.78, 5) is 14.5. The number of fused-ring (bicyclic) bond motifs is 2. The number of benzene rings is 5. The van der Waals surface area contributed by atoms with Crippen LogP contribution in [0.25, 0.3) is 56.4 Å². The van der Waals surface area contributed by atoms with Crippen molar-refractivity contribution in [3.05, 3.63) is 139 Å². The Labute approximate surface area is 289 Å². The molecule has 2 fully saturated rings. The highest BCUT2D eigenvalue weighted by Crippen LogP contribution is 2.60. The lowest BCUT2D eigenvalue weighted by molar-refractivity contribution is 0.0724. The Bertz CT molecular complexity index is 2090. The van der Waals surface area contributed by atoms with Gasteiger partial charge in [0, 0.05) is 16.7 Å². The zero-order valence-corrected chi connectivity index (χ0v) is 28.4. The Morgan fingerprint density at radius 2 is 0.980 bits per heavy atom. The van der Waals surface area contributed by atoms with Crippen LogP contribution in [0.15, 0.2) is 127 Å². The summed E-state index contributed by atoms with van der Waals surface area (Å²) >= 11 is 0. The smallest absolute Gasteiger partial charge is 0.164 e. The fraction of sp³-hybridized carbons (Fsp3) is 0.244. The normalized spacial score (nSPS) is 20.9. The third-order valence-electron chi connectivity index (χ3n) is 11.6. The van der Waals surface area contributed by atoms with Crippen LogP contribution in [0.2, 0.25) is 0 Å². The maximum absolute atomic E-state index is 10.3. The molecular weight excluding hydrogens is 597 g/mol. The molecule has 3 atom stereocenters. The highest BCUT2D eigenvalue weighted by atomic mass is 15.0. The van der Waals surface area contributed by atoms with E-state index in [9.17, 15) is 5.26 Å². The van der Waals surface area contributed by atoms with Gasteiger partial charge in [0.25, 0.3) is 0 Å². The molecule has 1 unspecified atom stereocenters. The molecule has 0 radical (unpaired) electrons. The summed E-state index contributed by atoms with van der Waals surface area (Å²) in [5.41, 5.74) is 9.67. The summed E-state index contributed by atoms with van der Waals surface area (Å²) in [5, 5.41) is 10.3. The van der Waals surface area contributed by atoms with Crippen molar-refractivity contribution in [3.8, 4) is 62.5 Å². The molecule has 2 aliphatic carbocycles. The zero-order valence-electron chi connectivity index (χ0n) is 28.4. The molecule has 49 heavy (non-hydrogen) atoms. The van der Waals surface area contributed by atoms with Crippen LogP contribution < -0.4 is 0 Å². The van der Waals surface area contributed by atoms with E-state index in [-0.39, 0.29) is 5.41 Å². The number of hydrogen-bond acceptors (Lipinski definition) is 4. The van der Waals surface area contributed by atoms with Gasteiger partial charge in [-0.05, 0) is 82.2 Å². The van der Waals surface area contributed by atoms with E-state index < -0.39 is 0 Å². The van der Waals surface area contributed by atoms with Gasteiger partial charge in [-0.25, -0.2) is 15.0 Å². The molecule has 0 N–H and O–H groups in total. The van der Waals surface area contributed by atoms with Crippen LogP contribution in [-0.4, -0.2) is 15.0 Å². The molecule has 1 heterocycles. The predicted molar refractivity (Wildman–Crippen MR) is 198 cm³/mol. The third kappa shape index (κ3) is 5.74. The standard InChI is InChI=1S/C45H40N4/c1-44(2)38-23-24-39(44)28-45(3,27-38)37-21-18-31(19-22-37)30-14-16-32(17-15-30)40-25-20-35(26-36(40)29-46)43-48-41(33-10-6-4-7-11-33)47-42(49-43)34-12-8-5-9-13-34/h4-22,25-26,38-39H,23-24,27-28H2,1-3H3/t38-,39+,45?. The van der Waals surface area contributed by atoms with E-state index >= 15 is 0 Å². The van der Waals surface area contributed by atoms with E-state index in [0.29, 0.717) is 28.5 Å². The molecule has 0 amide bonds. The molecule has 240 valence electrons. The Kier molecular flexibility index (Phi) is 7.72. The maximum atomic E-state index is 10.3. The first kappa shape index (κ1) is 30.9. The number of nitriles is 1. The molecule has 0 aliphatic heterocycles. The minimum Gasteiger partial charge on any atom is -0.208 e. The van der Waals surface area contributed by atoms with Crippen LogP contribution in [0.1, 0.15) is 57.6 Å². The van der Waals surface area contributed by atoms with Gasteiger partial charge in [-0.15, -0.1) is 0 Å². The largest absolute Gasteiger partial charge is 0.208 e. The second-order valence-electron chi connectivity index (χ2n) is 14.8. The van der Waals surface area contributed by atoms with Crippen molar-refractivity contribution in [3.63, 3.8) is 0 Å². The van der Waals surface area contributed by atoms with Gasteiger partial charge in [-0.1, -0.05) is 142 Å². The molecule has 5 aromatic carbocycles. The Hall–Kier alpha value is -5.40. The van der Waals surface area contributed by atoms with Gasteiger partial charge in [-0.3, -0.25) is 0 Å². The van der Waals surface area contributed by atoms with Crippen molar-refractivity contribution in [2.45, 2.75) is 51.9 Å². The first-order valence-electron chi connectivity index (χ1n) is 17.4. The van der Waals surface area contributed by atoms with Crippen molar-refractivity contribution in [1.29, 1.82) is 5.26 Å². The Morgan fingerprint density at radius 1 is 0.531 bits per heavy atom. The highest BCUT2D eigenvalue weighted by Gasteiger charge is 2.52. The van der Waals surface area contributed by atoms with Gasteiger partial charge in [0.05, 0.1) is 11.6 Å². The molecule has 0 spiro atoms. The summed E-state index contributed by atoms with van der Waals surface area (Å²) < 4.78 is 0. The topological polar surface area (TPSA) is 62.5 Å². The molecule has 4 heteroatoms.